The van der Waals surface area contributed by atoms with Gasteiger partial charge in [-0.2, -0.15) is 5.10 Å². The van der Waals surface area contributed by atoms with Crippen LogP contribution in [0.1, 0.15) is 19.4 Å². The molecule has 2 aromatic rings. The Hall–Kier alpha value is -1.75. The Morgan fingerprint density at radius 1 is 1.12 bits per heavy atom. The SMILES string of the molecule is CC(C)(Oc1ccc(Cl)cc1)C(=O)N/N=C/c1cccc(Cl)c1Cl. The first kappa shape index (κ1) is 18.6. The number of carbonyl (C=O) groups is 1. The van der Waals surface area contributed by atoms with Crippen LogP contribution in [0.25, 0.3) is 0 Å². The highest BCUT2D eigenvalue weighted by Crippen LogP contribution is 2.24. The third kappa shape index (κ3) is 4.87. The molecule has 0 aliphatic heterocycles. The van der Waals surface area contributed by atoms with E-state index in [4.69, 9.17) is 39.5 Å². The van der Waals surface area contributed by atoms with Crippen LogP contribution in [0.5, 0.6) is 5.75 Å². The summed E-state index contributed by atoms with van der Waals surface area (Å²) in [7, 11) is 0. The lowest BCUT2D eigenvalue weighted by molar-refractivity contribution is -0.134. The number of nitrogens with one attached hydrogen (secondary N) is 1. The first-order valence-corrected chi connectivity index (χ1v) is 8.15. The normalized spacial score (nSPS) is 11.5. The topological polar surface area (TPSA) is 50.7 Å². The molecule has 0 saturated carbocycles. The van der Waals surface area contributed by atoms with Crippen molar-refractivity contribution in [3.63, 3.8) is 0 Å². The first-order valence-electron chi connectivity index (χ1n) is 7.02. The molecule has 0 fully saturated rings. The number of rotatable bonds is 5. The maximum atomic E-state index is 12.2. The van der Waals surface area contributed by atoms with Gasteiger partial charge in [-0.3, -0.25) is 4.79 Å². The summed E-state index contributed by atoms with van der Waals surface area (Å²) in [6, 6.07) is 11.9. The van der Waals surface area contributed by atoms with Crippen LogP contribution < -0.4 is 10.2 Å². The Kier molecular flexibility index (Phi) is 6.10. The number of hydrogen-bond acceptors (Lipinski definition) is 3. The van der Waals surface area contributed by atoms with E-state index in [0.29, 0.717) is 26.4 Å². The monoisotopic (exact) mass is 384 g/mol. The summed E-state index contributed by atoms with van der Waals surface area (Å²) in [5.41, 5.74) is 1.90. The Morgan fingerprint density at radius 2 is 1.79 bits per heavy atom. The van der Waals surface area contributed by atoms with E-state index in [1.54, 1.807) is 56.3 Å². The fraction of sp³-hybridized carbons (Fsp3) is 0.176. The number of hydrogen-bond donors (Lipinski definition) is 1. The molecule has 4 nitrogen and oxygen atoms in total. The van der Waals surface area contributed by atoms with Crippen molar-refractivity contribution in [2.75, 3.05) is 0 Å². The van der Waals surface area contributed by atoms with Crippen molar-refractivity contribution in [1.29, 1.82) is 0 Å². The Labute approximate surface area is 155 Å². The second-order valence-corrected chi connectivity index (χ2v) is 6.63. The van der Waals surface area contributed by atoms with E-state index >= 15 is 0 Å². The third-order valence-electron chi connectivity index (χ3n) is 3.08. The van der Waals surface area contributed by atoms with E-state index in [2.05, 4.69) is 10.5 Å². The van der Waals surface area contributed by atoms with Crippen molar-refractivity contribution < 1.29 is 9.53 Å². The molecule has 0 aliphatic carbocycles. The van der Waals surface area contributed by atoms with Crippen molar-refractivity contribution in [2.24, 2.45) is 5.10 Å². The molecule has 0 unspecified atom stereocenters. The standard InChI is InChI=1S/C17H15Cl3N2O2/c1-17(2,24-13-8-6-12(18)7-9-13)16(23)22-21-10-11-4-3-5-14(19)15(11)20/h3-10H,1-2H3,(H,22,23)/b21-10+. The Balaban J connectivity index is 2.01. The summed E-state index contributed by atoms with van der Waals surface area (Å²) in [6.07, 6.45) is 1.42. The average Bonchev–Trinajstić information content (AvgIpc) is 2.53. The van der Waals surface area contributed by atoms with E-state index in [1.165, 1.54) is 6.21 Å². The van der Waals surface area contributed by atoms with Gasteiger partial charge in [0.05, 0.1) is 16.3 Å². The number of amides is 1. The molecular weight excluding hydrogens is 371 g/mol. The number of nitrogens with zero attached hydrogens (tertiary/aromatic N) is 1. The summed E-state index contributed by atoms with van der Waals surface area (Å²) in [4.78, 5) is 12.2. The van der Waals surface area contributed by atoms with Gasteiger partial charge in [-0.05, 0) is 44.2 Å². The second kappa shape index (κ2) is 7.88. The van der Waals surface area contributed by atoms with E-state index in [0.717, 1.165) is 0 Å². The molecule has 126 valence electrons. The van der Waals surface area contributed by atoms with Gasteiger partial charge in [0.2, 0.25) is 0 Å². The van der Waals surface area contributed by atoms with Gasteiger partial charge in [0.15, 0.2) is 5.60 Å². The summed E-state index contributed by atoms with van der Waals surface area (Å²) < 4.78 is 5.67. The first-order chi connectivity index (χ1) is 11.3. The van der Waals surface area contributed by atoms with Crippen LogP contribution in [0, 0.1) is 0 Å². The zero-order valence-electron chi connectivity index (χ0n) is 13.0. The van der Waals surface area contributed by atoms with E-state index in [9.17, 15) is 4.79 Å². The van der Waals surface area contributed by atoms with Gasteiger partial charge in [-0.25, -0.2) is 5.43 Å². The van der Waals surface area contributed by atoms with E-state index in [1.807, 2.05) is 0 Å². The van der Waals surface area contributed by atoms with Crippen LogP contribution in [0.4, 0.5) is 0 Å². The molecule has 0 spiro atoms. The molecule has 2 rings (SSSR count). The quantitative estimate of drug-likeness (QED) is 0.584. The minimum Gasteiger partial charge on any atom is -0.478 e. The average molecular weight is 386 g/mol. The van der Waals surface area contributed by atoms with Crippen LogP contribution in [0.15, 0.2) is 47.6 Å². The van der Waals surface area contributed by atoms with Crippen LogP contribution >= 0.6 is 34.8 Å². The molecule has 1 N–H and O–H groups in total. The predicted octanol–water partition coefficient (Wildman–Crippen LogP) is 4.95. The van der Waals surface area contributed by atoms with Gasteiger partial charge in [-0.1, -0.05) is 46.9 Å². The molecular formula is C17H15Cl3N2O2. The van der Waals surface area contributed by atoms with Gasteiger partial charge in [0.1, 0.15) is 5.75 Å². The molecule has 1 amide bonds. The minimum absolute atomic E-state index is 0.369. The highest BCUT2D eigenvalue weighted by Gasteiger charge is 2.29. The summed E-state index contributed by atoms with van der Waals surface area (Å²) in [6.45, 7) is 3.28. The molecule has 0 radical (unpaired) electrons. The van der Waals surface area contributed by atoms with Crippen molar-refractivity contribution in [3.8, 4) is 5.75 Å². The fourth-order valence-corrected chi connectivity index (χ4v) is 2.24. The molecule has 0 bridgehead atoms. The van der Waals surface area contributed by atoms with Crippen LogP contribution in [-0.4, -0.2) is 17.7 Å². The maximum absolute atomic E-state index is 12.2. The highest BCUT2D eigenvalue weighted by atomic mass is 35.5. The molecule has 0 saturated heterocycles. The summed E-state index contributed by atoms with van der Waals surface area (Å²) in [5.74, 6) is 0.119. The van der Waals surface area contributed by atoms with Crippen molar-refractivity contribution in [2.45, 2.75) is 19.4 Å². The molecule has 7 heteroatoms. The largest absolute Gasteiger partial charge is 0.478 e. The lowest BCUT2D eigenvalue weighted by Crippen LogP contribution is -2.44. The van der Waals surface area contributed by atoms with Crippen LogP contribution in [-0.2, 0) is 4.79 Å². The van der Waals surface area contributed by atoms with Crippen LogP contribution in [0.2, 0.25) is 15.1 Å². The van der Waals surface area contributed by atoms with E-state index in [-0.39, 0.29) is 0 Å². The van der Waals surface area contributed by atoms with Gasteiger partial charge in [0, 0.05) is 10.6 Å². The Morgan fingerprint density at radius 3 is 2.46 bits per heavy atom. The van der Waals surface area contributed by atoms with Crippen molar-refractivity contribution >= 4 is 46.9 Å². The zero-order chi connectivity index (χ0) is 17.7. The molecule has 0 atom stereocenters. The van der Waals surface area contributed by atoms with Crippen molar-refractivity contribution in [3.05, 3.63) is 63.1 Å². The molecule has 0 aliphatic rings. The summed E-state index contributed by atoms with van der Waals surface area (Å²) >= 11 is 17.8. The summed E-state index contributed by atoms with van der Waals surface area (Å²) in [5, 5.41) is 5.27. The second-order valence-electron chi connectivity index (χ2n) is 5.41. The van der Waals surface area contributed by atoms with Crippen molar-refractivity contribution in [1.82, 2.24) is 5.43 Å². The number of hydrazone groups is 1. The smallest absolute Gasteiger partial charge is 0.283 e. The van der Waals surface area contributed by atoms with E-state index < -0.39 is 11.5 Å². The van der Waals surface area contributed by atoms with Gasteiger partial charge in [0.25, 0.3) is 5.91 Å². The van der Waals surface area contributed by atoms with Gasteiger partial charge < -0.3 is 4.74 Å². The molecule has 24 heavy (non-hydrogen) atoms. The van der Waals surface area contributed by atoms with Crippen LogP contribution in [0.3, 0.4) is 0 Å². The third-order valence-corrected chi connectivity index (χ3v) is 4.17. The fourth-order valence-electron chi connectivity index (χ4n) is 1.76. The highest BCUT2D eigenvalue weighted by molar-refractivity contribution is 6.43. The maximum Gasteiger partial charge on any atom is 0.283 e. The lowest BCUT2D eigenvalue weighted by atomic mass is 10.1. The van der Waals surface area contributed by atoms with Gasteiger partial charge >= 0.3 is 0 Å². The number of benzene rings is 2. The predicted molar refractivity (Wildman–Crippen MR) is 98.4 cm³/mol. The number of halogens is 3. The number of ether oxygens (including phenoxy) is 1. The number of carbonyl (C=O) groups excluding carboxylic acids is 1. The molecule has 2 aromatic carbocycles. The molecule has 0 heterocycles. The lowest BCUT2D eigenvalue weighted by Gasteiger charge is -2.24. The minimum atomic E-state index is -1.12. The zero-order valence-corrected chi connectivity index (χ0v) is 15.3. The van der Waals surface area contributed by atoms with Gasteiger partial charge in [-0.15, -0.1) is 0 Å². The Bertz CT molecular complexity index is 759. The molecule has 0 aromatic heterocycles.